The molecule has 0 heterocycles. The predicted molar refractivity (Wildman–Crippen MR) is 101 cm³/mol. The molecule has 0 aliphatic carbocycles. The van der Waals surface area contributed by atoms with Gasteiger partial charge in [-0.2, -0.15) is 0 Å². The first-order chi connectivity index (χ1) is 12.7. The van der Waals surface area contributed by atoms with Gasteiger partial charge in [-0.05, 0) is 42.8 Å². The van der Waals surface area contributed by atoms with Crippen LogP contribution in [0.2, 0.25) is 0 Å². The Labute approximate surface area is 153 Å². The average molecular weight is 356 g/mol. The zero-order chi connectivity index (χ0) is 18.6. The molecule has 0 unspecified atom stereocenters. The molecule has 0 aliphatic rings. The van der Waals surface area contributed by atoms with E-state index in [0.717, 1.165) is 24.2 Å². The third kappa shape index (κ3) is 7.25. The molecule has 0 spiro atoms. The lowest BCUT2D eigenvalue weighted by Crippen LogP contribution is -2.30. The molecular formula is C20H24N2O4. The number of amides is 1. The Kier molecular flexibility index (Phi) is 7.99. The fourth-order valence-electron chi connectivity index (χ4n) is 2.11. The summed E-state index contributed by atoms with van der Waals surface area (Å²) in [6.45, 7) is 2.10. The molecule has 0 saturated heterocycles. The van der Waals surface area contributed by atoms with Crippen molar-refractivity contribution in [1.82, 2.24) is 5.32 Å². The lowest BCUT2D eigenvalue weighted by atomic mass is 10.2. The summed E-state index contributed by atoms with van der Waals surface area (Å²) in [4.78, 5) is 23.1. The number of ether oxygens (including phenoxy) is 2. The first-order valence-electron chi connectivity index (χ1n) is 8.64. The number of anilines is 2. The number of unbranched alkanes of at least 4 members (excludes halogenated alkanes) is 1. The Bertz CT molecular complexity index is 687. The Morgan fingerprint density at radius 1 is 0.923 bits per heavy atom. The molecule has 6 heteroatoms. The number of rotatable bonds is 10. The van der Waals surface area contributed by atoms with Crippen LogP contribution in [-0.2, 0) is 14.3 Å². The third-order valence-electron chi connectivity index (χ3n) is 3.49. The molecule has 0 atom stereocenters. The lowest BCUT2D eigenvalue weighted by molar-refractivity contribution is -0.150. The topological polar surface area (TPSA) is 76.7 Å². The molecular weight excluding hydrogens is 332 g/mol. The van der Waals surface area contributed by atoms with Crippen molar-refractivity contribution in [3.63, 3.8) is 0 Å². The van der Waals surface area contributed by atoms with E-state index in [9.17, 15) is 9.59 Å². The second kappa shape index (κ2) is 10.8. The van der Waals surface area contributed by atoms with Crippen LogP contribution in [0.25, 0.3) is 0 Å². The van der Waals surface area contributed by atoms with Gasteiger partial charge < -0.3 is 20.1 Å². The molecule has 0 radical (unpaired) electrons. The monoisotopic (exact) mass is 356 g/mol. The number of esters is 1. The van der Waals surface area contributed by atoms with Crippen molar-refractivity contribution in [3.05, 3.63) is 54.6 Å². The normalized spacial score (nSPS) is 10.0. The van der Waals surface area contributed by atoms with Gasteiger partial charge in [0.05, 0.1) is 0 Å². The second-order valence-electron chi connectivity index (χ2n) is 5.67. The molecule has 0 aliphatic heterocycles. The van der Waals surface area contributed by atoms with Gasteiger partial charge in [0.25, 0.3) is 5.91 Å². The predicted octanol–water partition coefficient (Wildman–Crippen LogP) is 3.27. The molecule has 138 valence electrons. The van der Waals surface area contributed by atoms with E-state index in [2.05, 4.69) is 10.6 Å². The van der Waals surface area contributed by atoms with Crippen LogP contribution in [0.4, 0.5) is 11.4 Å². The van der Waals surface area contributed by atoms with E-state index in [0.29, 0.717) is 12.3 Å². The van der Waals surface area contributed by atoms with Gasteiger partial charge >= 0.3 is 5.97 Å². The van der Waals surface area contributed by atoms with E-state index in [4.69, 9.17) is 9.47 Å². The highest BCUT2D eigenvalue weighted by molar-refractivity contribution is 5.80. The van der Waals surface area contributed by atoms with Gasteiger partial charge in [0.2, 0.25) is 0 Å². The summed E-state index contributed by atoms with van der Waals surface area (Å²) in [5.41, 5.74) is 1.90. The van der Waals surface area contributed by atoms with E-state index in [1.807, 2.05) is 49.4 Å². The summed E-state index contributed by atoms with van der Waals surface area (Å²) in [6, 6.07) is 17.0. The smallest absolute Gasteiger partial charge is 0.344 e. The van der Waals surface area contributed by atoms with Gasteiger partial charge in [-0.1, -0.05) is 31.5 Å². The number of hydrogen-bond donors (Lipinski definition) is 2. The highest BCUT2D eigenvalue weighted by atomic mass is 16.6. The van der Waals surface area contributed by atoms with Gasteiger partial charge in [-0.25, -0.2) is 4.79 Å². The standard InChI is InChI=1S/C20H24N2O4/c1-2-3-13-21-19(23)14-26-20(24)15-25-18-11-9-17(10-12-18)22-16-7-5-4-6-8-16/h4-12,22H,2-3,13-15H2,1H3,(H,21,23). The minimum Gasteiger partial charge on any atom is -0.482 e. The fourth-order valence-corrected chi connectivity index (χ4v) is 2.11. The van der Waals surface area contributed by atoms with Crippen molar-refractivity contribution >= 4 is 23.3 Å². The van der Waals surface area contributed by atoms with Gasteiger partial charge in [0.15, 0.2) is 13.2 Å². The van der Waals surface area contributed by atoms with Crippen LogP contribution in [-0.4, -0.2) is 31.6 Å². The Morgan fingerprint density at radius 3 is 2.31 bits per heavy atom. The minimum absolute atomic E-state index is 0.242. The molecule has 0 bridgehead atoms. The molecule has 2 rings (SSSR count). The molecule has 1 amide bonds. The van der Waals surface area contributed by atoms with Gasteiger partial charge in [-0.3, -0.25) is 4.79 Å². The maximum absolute atomic E-state index is 11.6. The van der Waals surface area contributed by atoms with Gasteiger partial charge in [0.1, 0.15) is 5.75 Å². The first kappa shape index (κ1) is 19.3. The molecule has 26 heavy (non-hydrogen) atoms. The van der Waals surface area contributed by atoms with Crippen LogP contribution in [0.1, 0.15) is 19.8 Å². The molecule has 0 saturated carbocycles. The summed E-state index contributed by atoms with van der Waals surface area (Å²) >= 11 is 0. The Hall–Kier alpha value is -3.02. The van der Waals surface area contributed by atoms with Crippen LogP contribution in [0, 0.1) is 0 Å². The van der Waals surface area contributed by atoms with E-state index in [-0.39, 0.29) is 19.1 Å². The summed E-state index contributed by atoms with van der Waals surface area (Å²) in [7, 11) is 0. The van der Waals surface area contributed by atoms with E-state index >= 15 is 0 Å². The van der Waals surface area contributed by atoms with Crippen LogP contribution < -0.4 is 15.4 Å². The maximum atomic E-state index is 11.6. The Balaban J connectivity index is 1.68. The van der Waals surface area contributed by atoms with Crippen molar-refractivity contribution in [2.75, 3.05) is 25.1 Å². The van der Waals surface area contributed by atoms with Crippen molar-refractivity contribution < 1.29 is 19.1 Å². The van der Waals surface area contributed by atoms with Crippen LogP contribution in [0.3, 0.4) is 0 Å². The maximum Gasteiger partial charge on any atom is 0.344 e. The zero-order valence-electron chi connectivity index (χ0n) is 14.9. The highest BCUT2D eigenvalue weighted by Crippen LogP contribution is 2.19. The first-order valence-corrected chi connectivity index (χ1v) is 8.64. The molecule has 0 aromatic heterocycles. The summed E-state index contributed by atoms with van der Waals surface area (Å²) < 4.78 is 10.2. The summed E-state index contributed by atoms with van der Waals surface area (Å²) in [6.07, 6.45) is 1.89. The van der Waals surface area contributed by atoms with Crippen LogP contribution in [0.15, 0.2) is 54.6 Å². The number of carbonyl (C=O) groups is 2. The quantitative estimate of drug-likeness (QED) is 0.505. The SMILES string of the molecule is CCCCNC(=O)COC(=O)COc1ccc(Nc2ccccc2)cc1. The van der Waals surface area contributed by atoms with Gasteiger partial charge in [-0.15, -0.1) is 0 Å². The van der Waals surface area contributed by atoms with Crippen LogP contribution in [0.5, 0.6) is 5.75 Å². The Morgan fingerprint density at radius 2 is 1.62 bits per heavy atom. The lowest BCUT2D eigenvalue weighted by Gasteiger charge is -2.09. The van der Waals surface area contributed by atoms with E-state index < -0.39 is 5.97 Å². The van der Waals surface area contributed by atoms with Crippen LogP contribution >= 0.6 is 0 Å². The molecule has 2 aromatic rings. The van der Waals surface area contributed by atoms with Gasteiger partial charge in [0, 0.05) is 17.9 Å². The average Bonchev–Trinajstić information content (AvgIpc) is 2.67. The number of para-hydroxylation sites is 1. The molecule has 2 aromatic carbocycles. The zero-order valence-corrected chi connectivity index (χ0v) is 14.9. The van der Waals surface area contributed by atoms with E-state index in [1.165, 1.54) is 0 Å². The van der Waals surface area contributed by atoms with Crippen molar-refractivity contribution in [1.29, 1.82) is 0 Å². The van der Waals surface area contributed by atoms with Crippen molar-refractivity contribution in [3.8, 4) is 5.75 Å². The number of benzene rings is 2. The molecule has 0 fully saturated rings. The third-order valence-corrected chi connectivity index (χ3v) is 3.49. The summed E-state index contributed by atoms with van der Waals surface area (Å²) in [5.74, 6) is -0.335. The fraction of sp³-hybridized carbons (Fsp3) is 0.300. The summed E-state index contributed by atoms with van der Waals surface area (Å²) in [5, 5.41) is 5.93. The van der Waals surface area contributed by atoms with Crippen molar-refractivity contribution in [2.24, 2.45) is 0 Å². The van der Waals surface area contributed by atoms with E-state index in [1.54, 1.807) is 12.1 Å². The minimum atomic E-state index is -0.581. The second-order valence-corrected chi connectivity index (χ2v) is 5.67. The molecule has 6 nitrogen and oxygen atoms in total. The highest BCUT2D eigenvalue weighted by Gasteiger charge is 2.08. The number of carbonyl (C=O) groups excluding carboxylic acids is 2. The number of hydrogen-bond acceptors (Lipinski definition) is 5. The number of nitrogens with one attached hydrogen (secondary N) is 2. The largest absolute Gasteiger partial charge is 0.482 e. The van der Waals surface area contributed by atoms with Crippen molar-refractivity contribution in [2.45, 2.75) is 19.8 Å². The molecule has 2 N–H and O–H groups in total.